The third kappa shape index (κ3) is 8.29. The standard InChI is InChI=1S/C72H50N4S/c1-72(2)62-29-16-15-27-59(62)68-63(72)30-18-31-64(68)76(57-38-33-50(34-39-57)47-19-7-3-8-20-47)58-40-35-51(36-41-58)53-37-42-65-61(46-53)67-60(28-17-32-66(67)77-65)71-74-69(52-25-13-6-14-26-52)73-70(75-71)56-44-54(48-21-9-4-10-22-48)43-55(45-56)49-23-11-5-12-24-49/h3-46H,1-2H3. The van der Waals surface area contributed by atoms with Gasteiger partial charge in [0.1, 0.15) is 0 Å². The molecule has 11 aromatic carbocycles. The predicted molar refractivity (Wildman–Crippen MR) is 323 cm³/mol. The van der Waals surface area contributed by atoms with E-state index in [-0.39, 0.29) is 5.41 Å². The third-order valence-corrected chi connectivity index (χ3v) is 16.5. The lowest BCUT2D eigenvalue weighted by molar-refractivity contribution is 0.660. The smallest absolute Gasteiger partial charge is 0.164 e. The van der Waals surface area contributed by atoms with Gasteiger partial charge in [-0.05, 0) is 128 Å². The molecule has 0 aliphatic heterocycles. The molecule has 2 aromatic heterocycles. The van der Waals surface area contributed by atoms with Gasteiger partial charge in [-0.3, -0.25) is 0 Å². The summed E-state index contributed by atoms with van der Waals surface area (Å²) < 4.78 is 2.39. The number of hydrogen-bond acceptors (Lipinski definition) is 5. The number of anilines is 3. The molecule has 5 heteroatoms. The Morgan fingerprint density at radius 3 is 1.40 bits per heavy atom. The van der Waals surface area contributed by atoms with Crippen molar-refractivity contribution < 1.29 is 0 Å². The monoisotopic (exact) mass is 1000 g/mol. The fourth-order valence-electron chi connectivity index (χ4n) is 11.5. The van der Waals surface area contributed by atoms with Crippen molar-refractivity contribution in [2.45, 2.75) is 19.3 Å². The number of fused-ring (bicyclic) bond motifs is 6. The molecule has 0 radical (unpaired) electrons. The van der Waals surface area contributed by atoms with Crippen LogP contribution in [0.4, 0.5) is 17.1 Å². The van der Waals surface area contributed by atoms with E-state index in [1.807, 2.05) is 18.2 Å². The summed E-state index contributed by atoms with van der Waals surface area (Å²) in [6.45, 7) is 4.70. The van der Waals surface area contributed by atoms with Crippen molar-refractivity contribution in [2.75, 3.05) is 4.90 Å². The Labute approximate surface area is 453 Å². The first-order valence-corrected chi connectivity index (χ1v) is 27.1. The molecule has 0 fully saturated rings. The number of benzene rings is 11. The van der Waals surface area contributed by atoms with E-state index in [9.17, 15) is 0 Å². The van der Waals surface area contributed by atoms with Gasteiger partial charge < -0.3 is 4.90 Å². The normalized spacial score (nSPS) is 12.4. The average molecular weight is 1000 g/mol. The summed E-state index contributed by atoms with van der Waals surface area (Å²) in [4.78, 5) is 18.4. The summed E-state index contributed by atoms with van der Waals surface area (Å²) in [5.41, 5.74) is 20.4. The molecule has 0 saturated heterocycles. The fraction of sp³-hybridized carbons (Fsp3) is 0.0417. The predicted octanol–water partition coefficient (Wildman–Crippen LogP) is 19.7. The lowest BCUT2D eigenvalue weighted by Crippen LogP contribution is -2.16. The molecule has 77 heavy (non-hydrogen) atoms. The Hall–Kier alpha value is -9.55. The van der Waals surface area contributed by atoms with Gasteiger partial charge in [0.25, 0.3) is 0 Å². The van der Waals surface area contributed by atoms with Crippen LogP contribution in [0.3, 0.4) is 0 Å². The molecule has 2 heterocycles. The molecule has 4 nitrogen and oxygen atoms in total. The number of aromatic nitrogens is 3. The van der Waals surface area contributed by atoms with Gasteiger partial charge in [0.15, 0.2) is 17.5 Å². The molecule has 1 aliphatic rings. The van der Waals surface area contributed by atoms with Crippen molar-refractivity contribution in [1.29, 1.82) is 0 Å². The molecule has 13 aromatic rings. The summed E-state index contributed by atoms with van der Waals surface area (Å²) in [6, 6.07) is 95.9. The molecule has 0 unspecified atom stereocenters. The Kier molecular flexibility index (Phi) is 11.3. The maximum absolute atomic E-state index is 5.40. The van der Waals surface area contributed by atoms with E-state index in [1.54, 1.807) is 11.3 Å². The van der Waals surface area contributed by atoms with Crippen molar-refractivity contribution >= 4 is 48.6 Å². The summed E-state index contributed by atoms with van der Waals surface area (Å²) in [7, 11) is 0. The van der Waals surface area contributed by atoms with Crippen LogP contribution in [0.1, 0.15) is 25.0 Å². The van der Waals surface area contributed by atoms with E-state index in [2.05, 4.69) is 267 Å². The summed E-state index contributed by atoms with van der Waals surface area (Å²) in [5.74, 6) is 1.88. The quantitative estimate of drug-likeness (QED) is 0.137. The van der Waals surface area contributed by atoms with E-state index < -0.39 is 0 Å². The minimum atomic E-state index is -0.129. The zero-order chi connectivity index (χ0) is 51.5. The summed E-state index contributed by atoms with van der Waals surface area (Å²) in [6.07, 6.45) is 0. The Morgan fingerprint density at radius 2 is 0.779 bits per heavy atom. The molecule has 364 valence electrons. The zero-order valence-corrected chi connectivity index (χ0v) is 43.4. The van der Waals surface area contributed by atoms with Gasteiger partial charge in [0.2, 0.25) is 0 Å². The second-order valence-corrected chi connectivity index (χ2v) is 21.4. The topological polar surface area (TPSA) is 41.9 Å². The lowest BCUT2D eigenvalue weighted by Gasteiger charge is -2.29. The Bertz CT molecular complexity index is 4260. The van der Waals surface area contributed by atoms with Crippen LogP contribution in [0, 0.1) is 0 Å². The van der Waals surface area contributed by atoms with E-state index in [4.69, 9.17) is 15.0 Å². The molecular weight excluding hydrogens is 953 g/mol. The van der Waals surface area contributed by atoms with Crippen molar-refractivity contribution in [2.24, 2.45) is 0 Å². The van der Waals surface area contributed by atoms with Crippen molar-refractivity contribution in [3.63, 3.8) is 0 Å². The second-order valence-electron chi connectivity index (χ2n) is 20.4. The highest BCUT2D eigenvalue weighted by Gasteiger charge is 2.37. The van der Waals surface area contributed by atoms with E-state index >= 15 is 0 Å². The molecule has 0 bridgehead atoms. The molecule has 14 rings (SSSR count). The Balaban J connectivity index is 0.886. The van der Waals surface area contributed by atoms with Crippen molar-refractivity contribution in [1.82, 2.24) is 15.0 Å². The molecule has 0 atom stereocenters. The van der Waals surface area contributed by atoms with Crippen molar-refractivity contribution in [3.8, 4) is 89.8 Å². The number of nitrogens with zero attached hydrogens (tertiary/aromatic N) is 4. The van der Waals surface area contributed by atoms with Gasteiger partial charge in [0.05, 0.1) is 5.69 Å². The van der Waals surface area contributed by atoms with Crippen LogP contribution in [0.15, 0.2) is 267 Å². The first-order valence-electron chi connectivity index (χ1n) is 26.2. The summed E-state index contributed by atoms with van der Waals surface area (Å²) >= 11 is 1.80. The highest BCUT2D eigenvalue weighted by molar-refractivity contribution is 7.26. The number of thiophene rings is 1. The number of hydrogen-bond donors (Lipinski definition) is 0. The van der Waals surface area contributed by atoms with Crippen LogP contribution in [-0.4, -0.2) is 15.0 Å². The van der Waals surface area contributed by atoms with Gasteiger partial charge in [-0.2, -0.15) is 0 Å². The summed E-state index contributed by atoms with van der Waals surface area (Å²) in [5, 5.41) is 2.31. The maximum Gasteiger partial charge on any atom is 0.164 e. The van der Waals surface area contributed by atoms with Crippen LogP contribution < -0.4 is 4.90 Å². The van der Waals surface area contributed by atoms with Gasteiger partial charge >= 0.3 is 0 Å². The van der Waals surface area contributed by atoms with Crippen LogP contribution in [0.5, 0.6) is 0 Å². The lowest BCUT2D eigenvalue weighted by atomic mass is 9.82. The molecule has 0 N–H and O–H groups in total. The molecule has 0 amide bonds. The SMILES string of the molecule is CC1(C)c2ccccc2-c2c(N(c3ccc(-c4ccccc4)cc3)c3ccc(-c4ccc5sc6cccc(-c7nc(-c8ccccc8)nc(-c8cc(-c9ccccc9)cc(-c9ccccc9)c8)n7)c6c5c4)cc3)cccc21. The molecule has 0 saturated carbocycles. The minimum absolute atomic E-state index is 0.129. The molecule has 0 spiro atoms. The molecule has 1 aliphatic carbocycles. The Morgan fingerprint density at radius 1 is 0.325 bits per heavy atom. The zero-order valence-electron chi connectivity index (χ0n) is 42.6. The van der Waals surface area contributed by atoms with Crippen molar-refractivity contribution in [3.05, 3.63) is 278 Å². The average Bonchev–Trinajstić information content (AvgIpc) is 4.12. The number of rotatable bonds is 10. The third-order valence-electron chi connectivity index (χ3n) is 15.3. The first-order chi connectivity index (χ1) is 37.9. The highest BCUT2D eigenvalue weighted by Crippen LogP contribution is 2.54. The second kappa shape index (κ2) is 19.0. The maximum atomic E-state index is 5.40. The van der Waals surface area contributed by atoms with Gasteiger partial charge in [-0.1, -0.05) is 214 Å². The first kappa shape index (κ1) is 46.0. The van der Waals surface area contributed by atoms with Gasteiger partial charge in [-0.25, -0.2) is 15.0 Å². The molecular formula is C72H50N4S. The highest BCUT2D eigenvalue weighted by atomic mass is 32.1. The van der Waals surface area contributed by atoms with E-state index in [0.717, 1.165) is 72.5 Å². The van der Waals surface area contributed by atoms with Crippen LogP contribution in [-0.2, 0) is 5.41 Å². The van der Waals surface area contributed by atoms with Gasteiger partial charge in [-0.15, -0.1) is 11.3 Å². The van der Waals surface area contributed by atoms with E-state index in [1.165, 1.54) is 48.2 Å². The van der Waals surface area contributed by atoms with Gasteiger partial charge in [0, 0.05) is 59.2 Å². The minimum Gasteiger partial charge on any atom is -0.310 e. The van der Waals surface area contributed by atoms with E-state index in [0.29, 0.717) is 17.5 Å². The fourth-order valence-corrected chi connectivity index (χ4v) is 12.6. The van der Waals surface area contributed by atoms with Crippen LogP contribution in [0.2, 0.25) is 0 Å². The largest absolute Gasteiger partial charge is 0.310 e. The van der Waals surface area contributed by atoms with Crippen LogP contribution >= 0.6 is 11.3 Å². The van der Waals surface area contributed by atoms with Crippen LogP contribution in [0.25, 0.3) is 110 Å².